The first-order valence-electron chi connectivity index (χ1n) is 8.15. The second kappa shape index (κ2) is 6.98. The lowest BCUT2D eigenvalue weighted by Gasteiger charge is -2.05. The summed E-state index contributed by atoms with van der Waals surface area (Å²) in [4.78, 5) is 12.4. The number of anilines is 1. The van der Waals surface area contributed by atoms with Crippen LogP contribution >= 0.6 is 11.6 Å². The Labute approximate surface area is 155 Å². The summed E-state index contributed by atoms with van der Waals surface area (Å²) in [5.41, 5.74) is 10.3. The normalized spacial score (nSPS) is 11.4. The number of nitrogens with two attached hydrogens (primary N) is 1. The fourth-order valence-corrected chi connectivity index (χ4v) is 2.95. The van der Waals surface area contributed by atoms with Crippen LogP contribution in [-0.2, 0) is 6.54 Å². The van der Waals surface area contributed by atoms with E-state index in [1.54, 1.807) is 6.33 Å². The molecular formula is C20H16ClN5. The molecule has 6 heteroatoms. The first-order chi connectivity index (χ1) is 12.7. The molecule has 0 aliphatic carbocycles. The van der Waals surface area contributed by atoms with E-state index in [9.17, 15) is 0 Å². The van der Waals surface area contributed by atoms with Crippen molar-refractivity contribution in [3.8, 4) is 0 Å². The zero-order chi connectivity index (χ0) is 17.9. The lowest BCUT2D eigenvalue weighted by Crippen LogP contribution is -2.02. The highest BCUT2D eigenvalue weighted by Crippen LogP contribution is 2.20. The van der Waals surface area contributed by atoms with Crippen molar-refractivity contribution in [2.24, 2.45) is 0 Å². The third kappa shape index (κ3) is 3.43. The maximum absolute atomic E-state index is 6.07. The van der Waals surface area contributed by atoms with Gasteiger partial charge in [-0.3, -0.25) is 0 Å². The van der Waals surface area contributed by atoms with Crippen LogP contribution < -0.4 is 5.73 Å². The lowest BCUT2D eigenvalue weighted by molar-refractivity contribution is 0.814. The fourth-order valence-electron chi connectivity index (χ4n) is 2.73. The fraction of sp³-hybridized carbons (Fsp3) is 0.0500. The maximum atomic E-state index is 6.07. The molecular weight excluding hydrogens is 346 g/mol. The largest absolute Gasteiger partial charge is 0.368 e. The van der Waals surface area contributed by atoms with Gasteiger partial charge in [-0.1, -0.05) is 78.4 Å². The van der Waals surface area contributed by atoms with Crippen molar-refractivity contribution in [2.45, 2.75) is 6.54 Å². The molecule has 0 aliphatic rings. The molecule has 0 spiro atoms. The number of hydrogen-bond acceptors (Lipinski definition) is 4. The van der Waals surface area contributed by atoms with Crippen molar-refractivity contribution in [3.05, 3.63) is 82.8 Å². The Kier molecular flexibility index (Phi) is 4.37. The Morgan fingerprint density at radius 2 is 1.62 bits per heavy atom. The quantitative estimate of drug-likeness (QED) is 0.435. The molecule has 0 saturated carbocycles. The number of rotatable bonds is 4. The number of nitrogen functional groups attached to an aromatic ring is 1. The van der Waals surface area contributed by atoms with Gasteiger partial charge in [-0.15, -0.1) is 0 Å². The van der Waals surface area contributed by atoms with E-state index in [4.69, 9.17) is 17.3 Å². The Morgan fingerprint density at radius 3 is 2.35 bits per heavy atom. The molecule has 2 N–H and O–H groups in total. The Bertz CT molecular complexity index is 1070. The van der Waals surface area contributed by atoms with Crippen molar-refractivity contribution in [2.75, 3.05) is 5.73 Å². The SMILES string of the molecule is Nc1nc(Cl)c2ncn(Cc3ccc(/C=C/c4ccccc4)cc3)c2n1. The lowest BCUT2D eigenvalue weighted by atomic mass is 10.1. The molecule has 0 radical (unpaired) electrons. The van der Waals surface area contributed by atoms with E-state index in [0.29, 0.717) is 17.7 Å². The minimum absolute atomic E-state index is 0.144. The highest BCUT2D eigenvalue weighted by atomic mass is 35.5. The van der Waals surface area contributed by atoms with Gasteiger partial charge >= 0.3 is 0 Å². The van der Waals surface area contributed by atoms with Crippen LogP contribution in [0.4, 0.5) is 5.95 Å². The van der Waals surface area contributed by atoms with E-state index in [0.717, 1.165) is 11.1 Å². The molecule has 26 heavy (non-hydrogen) atoms. The number of imidazole rings is 1. The molecule has 0 bridgehead atoms. The average molecular weight is 362 g/mol. The Balaban J connectivity index is 1.54. The molecule has 2 aromatic carbocycles. The summed E-state index contributed by atoms with van der Waals surface area (Å²) in [6, 6.07) is 18.6. The molecule has 128 valence electrons. The molecule has 4 aromatic rings. The first-order valence-corrected chi connectivity index (χ1v) is 8.53. The van der Waals surface area contributed by atoms with Gasteiger partial charge in [0.05, 0.1) is 12.9 Å². The van der Waals surface area contributed by atoms with Gasteiger partial charge in [-0.05, 0) is 16.7 Å². The summed E-state index contributed by atoms with van der Waals surface area (Å²) < 4.78 is 1.91. The molecule has 0 aliphatic heterocycles. The topological polar surface area (TPSA) is 69.6 Å². The van der Waals surface area contributed by atoms with Gasteiger partial charge in [-0.25, -0.2) is 4.98 Å². The highest BCUT2D eigenvalue weighted by molar-refractivity contribution is 6.33. The number of aromatic nitrogens is 4. The molecule has 2 aromatic heterocycles. The highest BCUT2D eigenvalue weighted by Gasteiger charge is 2.10. The maximum Gasteiger partial charge on any atom is 0.223 e. The van der Waals surface area contributed by atoms with E-state index >= 15 is 0 Å². The minimum Gasteiger partial charge on any atom is -0.368 e. The molecule has 0 amide bonds. The molecule has 4 rings (SSSR count). The molecule has 2 heterocycles. The molecule has 0 saturated heterocycles. The average Bonchev–Trinajstić information content (AvgIpc) is 3.05. The van der Waals surface area contributed by atoms with Crippen LogP contribution in [0.15, 0.2) is 60.9 Å². The van der Waals surface area contributed by atoms with Crippen molar-refractivity contribution in [1.29, 1.82) is 0 Å². The van der Waals surface area contributed by atoms with Crippen molar-refractivity contribution in [3.63, 3.8) is 0 Å². The number of benzene rings is 2. The Morgan fingerprint density at radius 1 is 0.923 bits per heavy atom. The zero-order valence-electron chi connectivity index (χ0n) is 13.9. The Hall–Kier alpha value is -3.18. The van der Waals surface area contributed by atoms with Gasteiger partial charge in [0.15, 0.2) is 10.8 Å². The van der Waals surface area contributed by atoms with Gasteiger partial charge in [0.1, 0.15) is 5.52 Å². The van der Waals surface area contributed by atoms with Gasteiger partial charge < -0.3 is 10.3 Å². The predicted molar refractivity (Wildman–Crippen MR) is 106 cm³/mol. The van der Waals surface area contributed by atoms with Crippen LogP contribution in [0.1, 0.15) is 16.7 Å². The molecule has 0 unspecified atom stereocenters. The van der Waals surface area contributed by atoms with Gasteiger partial charge in [0.25, 0.3) is 0 Å². The zero-order valence-corrected chi connectivity index (χ0v) is 14.6. The van der Waals surface area contributed by atoms with Crippen LogP contribution in [0.5, 0.6) is 0 Å². The van der Waals surface area contributed by atoms with Crippen LogP contribution in [0.25, 0.3) is 23.3 Å². The summed E-state index contributed by atoms with van der Waals surface area (Å²) in [6.07, 6.45) is 5.90. The van der Waals surface area contributed by atoms with Gasteiger partial charge in [0, 0.05) is 0 Å². The summed E-state index contributed by atoms with van der Waals surface area (Å²) >= 11 is 6.07. The predicted octanol–water partition coefficient (Wildman–Crippen LogP) is 4.28. The van der Waals surface area contributed by atoms with Crippen LogP contribution in [0.3, 0.4) is 0 Å². The van der Waals surface area contributed by atoms with Gasteiger partial charge in [-0.2, -0.15) is 9.97 Å². The van der Waals surface area contributed by atoms with Crippen molar-refractivity contribution < 1.29 is 0 Å². The first kappa shape index (κ1) is 16.3. The number of halogens is 1. The van der Waals surface area contributed by atoms with Gasteiger partial charge in [0.2, 0.25) is 5.95 Å². The third-order valence-corrected chi connectivity index (χ3v) is 4.30. The minimum atomic E-state index is 0.144. The van der Waals surface area contributed by atoms with Crippen molar-refractivity contribution >= 4 is 40.9 Å². The number of fused-ring (bicyclic) bond motifs is 1. The van der Waals surface area contributed by atoms with E-state index in [1.165, 1.54) is 5.56 Å². The second-order valence-electron chi connectivity index (χ2n) is 5.90. The summed E-state index contributed by atoms with van der Waals surface area (Å²) in [6.45, 7) is 0.631. The van der Waals surface area contributed by atoms with Crippen LogP contribution in [0, 0.1) is 0 Å². The number of hydrogen-bond donors (Lipinski definition) is 1. The van der Waals surface area contributed by atoms with E-state index in [-0.39, 0.29) is 11.1 Å². The third-order valence-electron chi connectivity index (χ3n) is 4.04. The van der Waals surface area contributed by atoms with Crippen molar-refractivity contribution in [1.82, 2.24) is 19.5 Å². The van der Waals surface area contributed by atoms with E-state index in [2.05, 4.69) is 63.5 Å². The smallest absolute Gasteiger partial charge is 0.223 e. The standard InChI is InChI=1S/C20H16ClN5/c21-18-17-19(25-20(22)24-18)26(13-23-17)12-16-10-8-15(9-11-16)7-6-14-4-2-1-3-5-14/h1-11,13H,12H2,(H2,22,24,25)/b7-6+. The molecule has 5 nitrogen and oxygen atoms in total. The summed E-state index contributed by atoms with van der Waals surface area (Å²) in [7, 11) is 0. The second-order valence-corrected chi connectivity index (χ2v) is 6.26. The van der Waals surface area contributed by atoms with E-state index in [1.807, 2.05) is 22.8 Å². The molecule has 0 fully saturated rings. The van der Waals surface area contributed by atoms with Crippen LogP contribution in [-0.4, -0.2) is 19.5 Å². The summed E-state index contributed by atoms with van der Waals surface area (Å²) in [5.74, 6) is 0.144. The number of nitrogens with zero attached hydrogens (tertiary/aromatic N) is 4. The van der Waals surface area contributed by atoms with Crippen LogP contribution in [0.2, 0.25) is 5.15 Å². The monoisotopic (exact) mass is 361 g/mol. The summed E-state index contributed by atoms with van der Waals surface area (Å²) in [5, 5.41) is 0.271. The van der Waals surface area contributed by atoms with E-state index < -0.39 is 0 Å². The molecule has 0 atom stereocenters.